The van der Waals surface area contributed by atoms with Crippen molar-refractivity contribution in [3.8, 4) is 5.75 Å². The summed E-state index contributed by atoms with van der Waals surface area (Å²) < 4.78 is 0.916. The van der Waals surface area contributed by atoms with Gasteiger partial charge in [-0.2, -0.15) is 0 Å². The molecule has 0 fully saturated rings. The van der Waals surface area contributed by atoms with E-state index < -0.39 is 11.8 Å². The maximum absolute atomic E-state index is 11.8. The lowest BCUT2D eigenvalue weighted by molar-refractivity contribution is -0.133. The van der Waals surface area contributed by atoms with Crippen LogP contribution in [0.5, 0.6) is 5.75 Å². The summed E-state index contributed by atoms with van der Waals surface area (Å²) in [5, 5.41) is 14.4. The molecule has 0 saturated carbocycles. The Morgan fingerprint density at radius 3 is 2.38 bits per heavy atom. The lowest BCUT2D eigenvalue weighted by atomic mass is 10.2. The van der Waals surface area contributed by atoms with Crippen molar-refractivity contribution >= 4 is 39.1 Å². The number of phenols is 1. The molecule has 5 nitrogen and oxygen atoms in total. The van der Waals surface area contributed by atoms with Crippen LogP contribution in [0.1, 0.15) is 5.56 Å². The van der Waals surface area contributed by atoms with E-state index in [-0.39, 0.29) is 11.4 Å². The molecule has 0 aromatic heterocycles. The lowest BCUT2D eigenvalue weighted by Gasteiger charge is -2.08. The van der Waals surface area contributed by atoms with E-state index in [4.69, 9.17) is 0 Å². The Bertz CT molecular complexity index is 701. The number of aromatic hydroxyl groups is 1. The molecule has 0 saturated heterocycles. The maximum Gasteiger partial charge on any atom is 0.314 e. The molecule has 0 atom stereocenters. The second-order valence-corrected chi connectivity index (χ2v) is 5.24. The summed E-state index contributed by atoms with van der Waals surface area (Å²) in [7, 11) is 0. The Morgan fingerprint density at radius 1 is 1.05 bits per heavy atom. The molecule has 108 valence electrons. The minimum atomic E-state index is -0.850. The number of amides is 2. The van der Waals surface area contributed by atoms with E-state index in [1.807, 2.05) is 6.92 Å². The summed E-state index contributed by atoms with van der Waals surface area (Å²) in [4.78, 5) is 23.6. The standard InChI is InChI=1S/C15H13BrN2O3/c1-9-8-10(6-7-11(9)16)17-14(20)15(21)18-12-4-2-3-5-13(12)19/h2-8,19H,1H3,(H,17,20)(H,18,21). The van der Waals surface area contributed by atoms with Gasteiger partial charge < -0.3 is 15.7 Å². The lowest BCUT2D eigenvalue weighted by Crippen LogP contribution is -2.29. The van der Waals surface area contributed by atoms with E-state index in [1.165, 1.54) is 12.1 Å². The SMILES string of the molecule is Cc1cc(NC(=O)C(=O)Nc2ccccc2O)ccc1Br. The number of para-hydroxylation sites is 2. The highest BCUT2D eigenvalue weighted by Gasteiger charge is 2.15. The third kappa shape index (κ3) is 3.82. The highest BCUT2D eigenvalue weighted by Crippen LogP contribution is 2.22. The zero-order valence-corrected chi connectivity index (χ0v) is 12.8. The van der Waals surface area contributed by atoms with E-state index >= 15 is 0 Å². The van der Waals surface area contributed by atoms with Gasteiger partial charge in [-0.05, 0) is 42.8 Å². The van der Waals surface area contributed by atoms with Crippen molar-refractivity contribution in [2.45, 2.75) is 6.92 Å². The normalized spacial score (nSPS) is 10.0. The van der Waals surface area contributed by atoms with Crippen LogP contribution in [0.15, 0.2) is 46.9 Å². The molecule has 0 aliphatic heterocycles. The molecule has 3 N–H and O–H groups in total. The number of benzene rings is 2. The molecule has 0 bridgehead atoms. The molecule has 21 heavy (non-hydrogen) atoms. The van der Waals surface area contributed by atoms with Gasteiger partial charge in [-0.1, -0.05) is 28.1 Å². The van der Waals surface area contributed by atoms with Crippen LogP contribution in [0.2, 0.25) is 0 Å². The molecule has 0 aliphatic rings. The fraction of sp³-hybridized carbons (Fsp3) is 0.0667. The number of anilines is 2. The van der Waals surface area contributed by atoms with Crippen LogP contribution >= 0.6 is 15.9 Å². The third-order valence-corrected chi connectivity index (χ3v) is 3.66. The van der Waals surface area contributed by atoms with Crippen molar-refractivity contribution in [1.29, 1.82) is 0 Å². The molecule has 0 unspecified atom stereocenters. The first-order chi connectivity index (χ1) is 9.97. The van der Waals surface area contributed by atoms with Gasteiger partial charge in [0.1, 0.15) is 5.75 Å². The fourth-order valence-corrected chi connectivity index (χ4v) is 1.92. The molecule has 2 aromatic carbocycles. The van der Waals surface area contributed by atoms with Gasteiger partial charge in [0, 0.05) is 10.2 Å². The Morgan fingerprint density at radius 2 is 1.71 bits per heavy atom. The van der Waals surface area contributed by atoms with Gasteiger partial charge >= 0.3 is 11.8 Å². The van der Waals surface area contributed by atoms with E-state index in [0.29, 0.717) is 5.69 Å². The summed E-state index contributed by atoms with van der Waals surface area (Å²) in [5.74, 6) is -1.75. The number of carbonyl (C=O) groups is 2. The largest absolute Gasteiger partial charge is 0.506 e. The second kappa shape index (κ2) is 6.41. The number of carbonyl (C=O) groups excluding carboxylic acids is 2. The van der Waals surface area contributed by atoms with Crippen LogP contribution in [0.25, 0.3) is 0 Å². The Labute approximate surface area is 130 Å². The molecule has 0 aliphatic carbocycles. The molecule has 2 aromatic rings. The summed E-state index contributed by atoms with van der Waals surface area (Å²) in [5.41, 5.74) is 1.65. The van der Waals surface area contributed by atoms with Gasteiger partial charge in [-0.3, -0.25) is 9.59 Å². The van der Waals surface area contributed by atoms with Crippen molar-refractivity contribution in [2.75, 3.05) is 10.6 Å². The fourth-order valence-electron chi connectivity index (χ4n) is 1.67. The quantitative estimate of drug-likeness (QED) is 0.576. The van der Waals surface area contributed by atoms with Gasteiger partial charge in [0.15, 0.2) is 0 Å². The number of nitrogens with one attached hydrogen (secondary N) is 2. The molecule has 2 rings (SSSR count). The average Bonchev–Trinajstić information content (AvgIpc) is 2.45. The number of aryl methyl sites for hydroxylation is 1. The van der Waals surface area contributed by atoms with Gasteiger partial charge in [0.25, 0.3) is 0 Å². The van der Waals surface area contributed by atoms with Gasteiger partial charge in [0.2, 0.25) is 0 Å². The Kier molecular flexibility index (Phi) is 4.59. The average molecular weight is 349 g/mol. The first-order valence-electron chi connectivity index (χ1n) is 6.14. The van der Waals surface area contributed by atoms with Gasteiger partial charge in [-0.15, -0.1) is 0 Å². The minimum Gasteiger partial charge on any atom is -0.506 e. The zero-order chi connectivity index (χ0) is 15.4. The Balaban J connectivity index is 2.04. The summed E-state index contributed by atoms with van der Waals surface area (Å²) in [6, 6.07) is 11.4. The van der Waals surface area contributed by atoms with Gasteiger partial charge in [0.05, 0.1) is 5.69 Å². The second-order valence-electron chi connectivity index (χ2n) is 4.39. The maximum atomic E-state index is 11.8. The van der Waals surface area contributed by atoms with Crippen LogP contribution in [-0.4, -0.2) is 16.9 Å². The molecular weight excluding hydrogens is 336 g/mol. The number of hydrogen-bond acceptors (Lipinski definition) is 3. The number of hydrogen-bond donors (Lipinski definition) is 3. The smallest absolute Gasteiger partial charge is 0.314 e. The number of halogens is 1. The third-order valence-electron chi connectivity index (χ3n) is 2.77. The van der Waals surface area contributed by atoms with E-state index in [1.54, 1.807) is 30.3 Å². The molecular formula is C15H13BrN2O3. The van der Waals surface area contributed by atoms with Crippen molar-refractivity contribution in [1.82, 2.24) is 0 Å². The molecule has 2 amide bonds. The molecule has 0 heterocycles. The molecule has 0 radical (unpaired) electrons. The zero-order valence-electron chi connectivity index (χ0n) is 11.2. The van der Waals surface area contributed by atoms with Crippen molar-refractivity contribution in [3.05, 3.63) is 52.5 Å². The van der Waals surface area contributed by atoms with Crippen molar-refractivity contribution < 1.29 is 14.7 Å². The highest BCUT2D eigenvalue weighted by molar-refractivity contribution is 9.10. The monoisotopic (exact) mass is 348 g/mol. The number of phenolic OH excluding ortho intramolecular Hbond substituents is 1. The van der Waals surface area contributed by atoms with Crippen LogP contribution in [0.3, 0.4) is 0 Å². The van der Waals surface area contributed by atoms with Crippen LogP contribution in [0.4, 0.5) is 11.4 Å². The number of rotatable bonds is 2. The summed E-state index contributed by atoms with van der Waals surface area (Å²) in [6.07, 6.45) is 0. The molecule has 0 spiro atoms. The van der Waals surface area contributed by atoms with E-state index in [0.717, 1.165) is 10.0 Å². The van der Waals surface area contributed by atoms with Crippen LogP contribution < -0.4 is 10.6 Å². The van der Waals surface area contributed by atoms with E-state index in [2.05, 4.69) is 26.6 Å². The highest BCUT2D eigenvalue weighted by atomic mass is 79.9. The topological polar surface area (TPSA) is 78.4 Å². The molecule has 6 heteroatoms. The van der Waals surface area contributed by atoms with Crippen molar-refractivity contribution in [2.24, 2.45) is 0 Å². The summed E-state index contributed by atoms with van der Waals surface area (Å²) in [6.45, 7) is 1.88. The predicted molar refractivity (Wildman–Crippen MR) is 84.2 cm³/mol. The van der Waals surface area contributed by atoms with Crippen LogP contribution in [0, 0.1) is 6.92 Å². The van der Waals surface area contributed by atoms with Crippen LogP contribution in [-0.2, 0) is 9.59 Å². The summed E-state index contributed by atoms with van der Waals surface area (Å²) >= 11 is 3.36. The van der Waals surface area contributed by atoms with E-state index in [9.17, 15) is 14.7 Å². The first kappa shape index (κ1) is 15.1. The van der Waals surface area contributed by atoms with Crippen molar-refractivity contribution in [3.63, 3.8) is 0 Å². The minimum absolute atomic E-state index is 0.0989. The first-order valence-corrected chi connectivity index (χ1v) is 6.93. The van der Waals surface area contributed by atoms with Gasteiger partial charge in [-0.25, -0.2) is 0 Å². The Hall–Kier alpha value is -2.34. The predicted octanol–water partition coefficient (Wildman–Crippen LogP) is 3.04.